The monoisotopic (exact) mass is 244 g/mol. The molecule has 1 aliphatic heterocycles. The summed E-state index contributed by atoms with van der Waals surface area (Å²) in [6.45, 7) is 1.15. The SMILES string of the molecule is Nc1nccc(Nc2ccc3c(c2)OCCO3)n1. The van der Waals surface area contributed by atoms with Crippen LogP contribution >= 0.6 is 0 Å². The van der Waals surface area contributed by atoms with Gasteiger partial charge in [-0.2, -0.15) is 4.98 Å². The van der Waals surface area contributed by atoms with Crippen molar-refractivity contribution in [3.8, 4) is 11.5 Å². The van der Waals surface area contributed by atoms with Crippen LogP contribution in [0.2, 0.25) is 0 Å². The van der Waals surface area contributed by atoms with Crippen molar-refractivity contribution in [1.29, 1.82) is 0 Å². The molecule has 2 heterocycles. The van der Waals surface area contributed by atoms with E-state index in [0.29, 0.717) is 19.0 Å². The molecule has 1 aromatic heterocycles. The number of benzene rings is 1. The van der Waals surface area contributed by atoms with E-state index in [1.165, 1.54) is 0 Å². The standard InChI is InChI=1S/C12H12N4O2/c13-12-14-4-3-11(16-12)15-8-1-2-9-10(7-8)18-6-5-17-9/h1-4,7H,5-6H2,(H3,13,14,15,16). The first kappa shape index (κ1) is 10.6. The molecule has 0 spiro atoms. The number of nitrogens with zero attached hydrogens (tertiary/aromatic N) is 2. The van der Waals surface area contributed by atoms with E-state index in [-0.39, 0.29) is 5.95 Å². The number of nitrogens with two attached hydrogens (primary N) is 1. The van der Waals surface area contributed by atoms with Gasteiger partial charge in [0.2, 0.25) is 5.95 Å². The molecule has 1 aliphatic rings. The lowest BCUT2D eigenvalue weighted by atomic mass is 10.2. The highest BCUT2D eigenvalue weighted by Gasteiger charge is 2.11. The van der Waals surface area contributed by atoms with Gasteiger partial charge >= 0.3 is 0 Å². The molecule has 6 nitrogen and oxygen atoms in total. The summed E-state index contributed by atoms with van der Waals surface area (Å²) >= 11 is 0. The average molecular weight is 244 g/mol. The Hall–Kier alpha value is -2.50. The van der Waals surface area contributed by atoms with Crippen LogP contribution in [0.3, 0.4) is 0 Å². The molecule has 18 heavy (non-hydrogen) atoms. The van der Waals surface area contributed by atoms with Crippen LogP contribution < -0.4 is 20.5 Å². The summed E-state index contributed by atoms with van der Waals surface area (Å²) in [6, 6.07) is 7.37. The minimum absolute atomic E-state index is 0.234. The van der Waals surface area contributed by atoms with E-state index in [2.05, 4.69) is 15.3 Å². The normalized spacial score (nSPS) is 13.1. The molecule has 6 heteroatoms. The number of rotatable bonds is 2. The van der Waals surface area contributed by atoms with Gasteiger partial charge in [-0.15, -0.1) is 0 Å². The van der Waals surface area contributed by atoms with Crippen LogP contribution in [0, 0.1) is 0 Å². The molecule has 0 aliphatic carbocycles. The van der Waals surface area contributed by atoms with Gasteiger partial charge in [0.1, 0.15) is 19.0 Å². The molecule has 2 aromatic rings. The first-order valence-electron chi connectivity index (χ1n) is 5.56. The van der Waals surface area contributed by atoms with Crippen molar-refractivity contribution >= 4 is 17.5 Å². The van der Waals surface area contributed by atoms with Crippen molar-refractivity contribution in [2.45, 2.75) is 0 Å². The maximum atomic E-state index is 5.52. The average Bonchev–Trinajstić information content (AvgIpc) is 2.39. The fourth-order valence-electron chi connectivity index (χ4n) is 1.71. The lowest BCUT2D eigenvalue weighted by Crippen LogP contribution is -2.15. The third-order valence-electron chi connectivity index (χ3n) is 2.49. The molecule has 0 unspecified atom stereocenters. The molecule has 0 saturated heterocycles. The summed E-state index contributed by atoms with van der Waals surface area (Å²) in [5.41, 5.74) is 6.37. The van der Waals surface area contributed by atoms with E-state index >= 15 is 0 Å². The van der Waals surface area contributed by atoms with Gasteiger partial charge < -0.3 is 20.5 Å². The van der Waals surface area contributed by atoms with Crippen molar-refractivity contribution in [3.63, 3.8) is 0 Å². The van der Waals surface area contributed by atoms with Crippen LogP contribution in [-0.2, 0) is 0 Å². The summed E-state index contributed by atoms with van der Waals surface area (Å²) < 4.78 is 11.0. The number of aromatic nitrogens is 2. The predicted molar refractivity (Wildman–Crippen MR) is 67.2 cm³/mol. The summed E-state index contributed by atoms with van der Waals surface area (Å²) in [4.78, 5) is 7.90. The van der Waals surface area contributed by atoms with Crippen LogP contribution in [0.25, 0.3) is 0 Å². The second-order valence-electron chi connectivity index (χ2n) is 3.78. The zero-order valence-electron chi connectivity index (χ0n) is 9.59. The van der Waals surface area contributed by atoms with Crippen molar-refractivity contribution in [2.24, 2.45) is 0 Å². The van der Waals surface area contributed by atoms with Crippen LogP contribution in [0.1, 0.15) is 0 Å². The van der Waals surface area contributed by atoms with E-state index < -0.39 is 0 Å². The van der Waals surface area contributed by atoms with Gasteiger partial charge in [-0.05, 0) is 18.2 Å². The predicted octanol–water partition coefficient (Wildman–Crippen LogP) is 1.57. The highest BCUT2D eigenvalue weighted by atomic mass is 16.6. The Kier molecular flexibility index (Phi) is 2.60. The van der Waals surface area contributed by atoms with Gasteiger partial charge in [0.05, 0.1) is 0 Å². The summed E-state index contributed by atoms with van der Waals surface area (Å²) in [5.74, 6) is 2.36. The lowest BCUT2D eigenvalue weighted by molar-refractivity contribution is 0.171. The topological polar surface area (TPSA) is 82.3 Å². The number of nitrogen functional groups attached to an aromatic ring is 1. The molecular weight excluding hydrogens is 232 g/mol. The van der Waals surface area contributed by atoms with Crippen LogP contribution in [-0.4, -0.2) is 23.2 Å². The second kappa shape index (κ2) is 4.40. The number of anilines is 3. The minimum Gasteiger partial charge on any atom is -0.486 e. The maximum absolute atomic E-state index is 5.52. The molecule has 0 bridgehead atoms. The number of hydrogen-bond acceptors (Lipinski definition) is 6. The number of hydrogen-bond donors (Lipinski definition) is 2. The molecule has 0 amide bonds. The van der Waals surface area contributed by atoms with Gasteiger partial charge in [-0.25, -0.2) is 4.98 Å². The van der Waals surface area contributed by atoms with E-state index in [0.717, 1.165) is 17.2 Å². The van der Waals surface area contributed by atoms with Gasteiger partial charge in [0.15, 0.2) is 11.5 Å². The molecule has 0 radical (unpaired) electrons. The van der Waals surface area contributed by atoms with Gasteiger partial charge in [0.25, 0.3) is 0 Å². The maximum Gasteiger partial charge on any atom is 0.221 e. The largest absolute Gasteiger partial charge is 0.486 e. The Bertz CT molecular complexity index is 574. The molecule has 0 saturated carbocycles. The zero-order chi connectivity index (χ0) is 12.4. The van der Waals surface area contributed by atoms with Crippen molar-refractivity contribution in [3.05, 3.63) is 30.5 Å². The quantitative estimate of drug-likeness (QED) is 0.834. The van der Waals surface area contributed by atoms with E-state index in [1.54, 1.807) is 12.3 Å². The molecule has 0 fully saturated rings. The molecule has 3 N–H and O–H groups in total. The number of nitrogens with one attached hydrogen (secondary N) is 1. The Morgan fingerprint density at radius 3 is 2.78 bits per heavy atom. The van der Waals surface area contributed by atoms with Crippen LogP contribution in [0.5, 0.6) is 11.5 Å². The number of fused-ring (bicyclic) bond motifs is 1. The molecule has 1 aromatic carbocycles. The second-order valence-corrected chi connectivity index (χ2v) is 3.78. The molecule has 92 valence electrons. The Morgan fingerprint density at radius 1 is 1.11 bits per heavy atom. The van der Waals surface area contributed by atoms with Crippen molar-refractivity contribution < 1.29 is 9.47 Å². The summed E-state index contributed by atoms with van der Waals surface area (Å²) in [6.07, 6.45) is 1.60. The number of ether oxygens (including phenoxy) is 2. The smallest absolute Gasteiger partial charge is 0.221 e. The third-order valence-corrected chi connectivity index (χ3v) is 2.49. The molecular formula is C12H12N4O2. The van der Waals surface area contributed by atoms with Gasteiger partial charge in [-0.3, -0.25) is 0 Å². The lowest BCUT2D eigenvalue weighted by Gasteiger charge is -2.19. The first-order chi connectivity index (χ1) is 8.81. The van der Waals surface area contributed by atoms with Gasteiger partial charge in [0, 0.05) is 18.0 Å². The van der Waals surface area contributed by atoms with Crippen molar-refractivity contribution in [2.75, 3.05) is 24.3 Å². The van der Waals surface area contributed by atoms with E-state index in [9.17, 15) is 0 Å². The molecule has 3 rings (SSSR count). The minimum atomic E-state index is 0.234. The fraction of sp³-hybridized carbons (Fsp3) is 0.167. The highest BCUT2D eigenvalue weighted by Crippen LogP contribution is 2.33. The van der Waals surface area contributed by atoms with E-state index in [4.69, 9.17) is 15.2 Å². The fourth-order valence-corrected chi connectivity index (χ4v) is 1.71. The Labute approximate surface area is 104 Å². The third kappa shape index (κ3) is 2.13. The molecule has 0 atom stereocenters. The highest BCUT2D eigenvalue weighted by molar-refractivity contribution is 5.61. The summed E-state index contributed by atoms with van der Waals surface area (Å²) in [5, 5.41) is 3.13. The zero-order valence-corrected chi connectivity index (χ0v) is 9.59. The van der Waals surface area contributed by atoms with Crippen LogP contribution in [0.4, 0.5) is 17.5 Å². The summed E-state index contributed by atoms with van der Waals surface area (Å²) in [7, 11) is 0. The van der Waals surface area contributed by atoms with Crippen molar-refractivity contribution in [1.82, 2.24) is 9.97 Å². The van der Waals surface area contributed by atoms with Crippen LogP contribution in [0.15, 0.2) is 30.5 Å². The Balaban J connectivity index is 1.85. The van der Waals surface area contributed by atoms with Gasteiger partial charge in [-0.1, -0.05) is 0 Å². The first-order valence-corrected chi connectivity index (χ1v) is 5.56. The Morgan fingerprint density at radius 2 is 1.94 bits per heavy atom. The van der Waals surface area contributed by atoms with E-state index in [1.807, 2.05) is 18.2 Å².